The Kier molecular flexibility index (Phi) is 4.84. The molecule has 3 aromatic heterocycles. The van der Waals surface area contributed by atoms with Gasteiger partial charge in [0.25, 0.3) is 0 Å². The number of aromatic nitrogens is 2. The van der Waals surface area contributed by atoms with Crippen LogP contribution in [0.15, 0.2) is 59.4 Å². The minimum Gasteiger partial charge on any atom is -0.459 e. The van der Waals surface area contributed by atoms with Crippen molar-refractivity contribution in [2.45, 2.75) is 6.54 Å². The first-order valence-electron chi connectivity index (χ1n) is 8.90. The monoisotopic (exact) mass is 349 g/mol. The number of nitrogens with zero attached hydrogens (tertiary/aromatic N) is 4. The molecule has 0 atom stereocenters. The van der Waals surface area contributed by atoms with E-state index in [0.29, 0.717) is 6.54 Å². The predicted molar refractivity (Wildman–Crippen MR) is 103 cm³/mol. The summed E-state index contributed by atoms with van der Waals surface area (Å²) in [4.78, 5) is 13.4. The lowest BCUT2D eigenvalue weighted by molar-refractivity contribution is 0.312. The van der Waals surface area contributed by atoms with E-state index in [1.54, 1.807) is 12.4 Å². The number of hydrogen-bond donors (Lipinski definition) is 1. The summed E-state index contributed by atoms with van der Waals surface area (Å²) in [6.07, 6.45) is 5.45. The van der Waals surface area contributed by atoms with E-state index >= 15 is 0 Å². The van der Waals surface area contributed by atoms with Gasteiger partial charge in [0.15, 0.2) is 0 Å². The minimum atomic E-state index is 0.621. The van der Waals surface area contributed by atoms with Crippen LogP contribution >= 0.6 is 0 Å². The van der Waals surface area contributed by atoms with Gasteiger partial charge in [0.05, 0.1) is 18.4 Å². The maximum absolute atomic E-state index is 5.88. The molecule has 0 spiro atoms. The third kappa shape index (κ3) is 3.86. The molecule has 6 heteroatoms. The molecule has 0 saturated carbocycles. The van der Waals surface area contributed by atoms with Gasteiger partial charge in [0.2, 0.25) is 0 Å². The number of hydrogen-bond acceptors (Lipinski definition) is 6. The van der Waals surface area contributed by atoms with E-state index in [-0.39, 0.29) is 0 Å². The molecule has 6 nitrogen and oxygen atoms in total. The second-order valence-corrected chi connectivity index (χ2v) is 6.56. The molecule has 3 aromatic rings. The highest BCUT2D eigenvalue weighted by atomic mass is 16.3. The van der Waals surface area contributed by atoms with Crippen LogP contribution in [-0.2, 0) is 6.54 Å². The standard InChI is InChI=1S/C20H23N5O/c1-24-9-11-25(12-10-24)20-7-4-17(14-23-20)22-15-18-5-6-19(26-18)16-3-2-8-21-13-16/h2-8,13-14,22H,9-12,15H2,1H3. The van der Waals surface area contributed by atoms with Gasteiger partial charge in [0, 0.05) is 44.1 Å². The normalized spacial score (nSPS) is 15.2. The number of anilines is 2. The Balaban J connectivity index is 1.34. The lowest BCUT2D eigenvalue weighted by Gasteiger charge is -2.33. The van der Waals surface area contributed by atoms with Gasteiger partial charge in [0.1, 0.15) is 17.3 Å². The van der Waals surface area contributed by atoms with Crippen molar-refractivity contribution >= 4 is 11.5 Å². The molecule has 1 aliphatic heterocycles. The van der Waals surface area contributed by atoms with Crippen molar-refractivity contribution in [1.82, 2.24) is 14.9 Å². The summed E-state index contributed by atoms with van der Waals surface area (Å²) in [5.41, 5.74) is 1.97. The smallest absolute Gasteiger partial charge is 0.135 e. The molecule has 1 aliphatic rings. The summed E-state index contributed by atoms with van der Waals surface area (Å²) >= 11 is 0. The van der Waals surface area contributed by atoms with E-state index in [0.717, 1.165) is 54.8 Å². The highest BCUT2D eigenvalue weighted by molar-refractivity contribution is 5.56. The van der Waals surface area contributed by atoms with Crippen LogP contribution < -0.4 is 10.2 Å². The van der Waals surface area contributed by atoms with Crippen LogP contribution in [0.1, 0.15) is 5.76 Å². The van der Waals surface area contributed by atoms with Crippen LogP contribution in [0, 0.1) is 0 Å². The second-order valence-electron chi connectivity index (χ2n) is 6.56. The van der Waals surface area contributed by atoms with Gasteiger partial charge in [-0.3, -0.25) is 4.98 Å². The topological polar surface area (TPSA) is 57.4 Å². The highest BCUT2D eigenvalue weighted by Crippen LogP contribution is 2.22. The summed E-state index contributed by atoms with van der Waals surface area (Å²) in [6.45, 7) is 4.84. The largest absolute Gasteiger partial charge is 0.459 e. The zero-order chi connectivity index (χ0) is 17.8. The Bertz CT molecular complexity index is 823. The fourth-order valence-electron chi connectivity index (χ4n) is 3.04. The van der Waals surface area contributed by atoms with Crippen LogP contribution in [0.4, 0.5) is 11.5 Å². The van der Waals surface area contributed by atoms with Crippen molar-refractivity contribution in [2.24, 2.45) is 0 Å². The molecular formula is C20H23N5O. The van der Waals surface area contributed by atoms with E-state index in [2.05, 4.69) is 44.3 Å². The van der Waals surface area contributed by atoms with Crippen LogP contribution in [0.5, 0.6) is 0 Å². The van der Waals surface area contributed by atoms with Crippen LogP contribution in [0.2, 0.25) is 0 Å². The van der Waals surface area contributed by atoms with Crippen molar-refractivity contribution in [3.63, 3.8) is 0 Å². The Morgan fingerprint density at radius 1 is 1.04 bits per heavy atom. The third-order valence-corrected chi connectivity index (χ3v) is 4.65. The van der Waals surface area contributed by atoms with Crippen molar-refractivity contribution in [1.29, 1.82) is 0 Å². The quantitative estimate of drug-likeness (QED) is 0.764. The van der Waals surface area contributed by atoms with Crippen molar-refractivity contribution in [2.75, 3.05) is 43.4 Å². The zero-order valence-corrected chi connectivity index (χ0v) is 14.9. The fraction of sp³-hybridized carbons (Fsp3) is 0.300. The fourth-order valence-corrected chi connectivity index (χ4v) is 3.04. The predicted octanol–water partition coefficient (Wildman–Crippen LogP) is 3.10. The second kappa shape index (κ2) is 7.58. The van der Waals surface area contributed by atoms with Crippen LogP contribution in [-0.4, -0.2) is 48.1 Å². The molecular weight excluding hydrogens is 326 g/mol. The van der Waals surface area contributed by atoms with E-state index in [1.165, 1.54) is 0 Å². The molecule has 4 heterocycles. The van der Waals surface area contributed by atoms with Gasteiger partial charge in [-0.2, -0.15) is 0 Å². The number of furan rings is 1. The van der Waals surface area contributed by atoms with Crippen LogP contribution in [0.25, 0.3) is 11.3 Å². The average molecular weight is 349 g/mol. The summed E-state index contributed by atoms with van der Waals surface area (Å²) in [7, 11) is 2.16. The maximum atomic E-state index is 5.88. The molecule has 1 fully saturated rings. The van der Waals surface area contributed by atoms with Gasteiger partial charge in [-0.15, -0.1) is 0 Å². The first-order chi connectivity index (χ1) is 12.8. The van der Waals surface area contributed by atoms with Gasteiger partial charge in [-0.1, -0.05) is 0 Å². The van der Waals surface area contributed by atoms with E-state index in [9.17, 15) is 0 Å². The van der Waals surface area contributed by atoms with Crippen molar-refractivity contribution < 1.29 is 4.42 Å². The summed E-state index contributed by atoms with van der Waals surface area (Å²) in [5, 5.41) is 3.36. The molecule has 0 amide bonds. The SMILES string of the molecule is CN1CCN(c2ccc(NCc3ccc(-c4cccnc4)o3)cn2)CC1. The first-order valence-corrected chi connectivity index (χ1v) is 8.90. The molecule has 0 unspecified atom stereocenters. The Hall–Kier alpha value is -2.86. The molecule has 0 radical (unpaired) electrons. The summed E-state index contributed by atoms with van der Waals surface area (Å²) in [5.74, 6) is 2.76. The Morgan fingerprint density at radius 2 is 1.92 bits per heavy atom. The van der Waals surface area contributed by atoms with E-state index in [1.807, 2.05) is 30.5 Å². The van der Waals surface area contributed by atoms with E-state index in [4.69, 9.17) is 4.42 Å². The number of piperazine rings is 1. The molecule has 26 heavy (non-hydrogen) atoms. The van der Waals surface area contributed by atoms with Crippen LogP contribution in [0.3, 0.4) is 0 Å². The lowest BCUT2D eigenvalue weighted by Crippen LogP contribution is -2.44. The summed E-state index contributed by atoms with van der Waals surface area (Å²) < 4.78 is 5.88. The molecule has 134 valence electrons. The molecule has 0 bridgehead atoms. The summed E-state index contributed by atoms with van der Waals surface area (Å²) in [6, 6.07) is 12.0. The third-order valence-electron chi connectivity index (χ3n) is 4.65. The van der Waals surface area contributed by atoms with Crippen molar-refractivity contribution in [3.8, 4) is 11.3 Å². The Morgan fingerprint density at radius 3 is 2.65 bits per heavy atom. The zero-order valence-electron chi connectivity index (χ0n) is 14.9. The van der Waals surface area contributed by atoms with Gasteiger partial charge >= 0.3 is 0 Å². The van der Waals surface area contributed by atoms with Gasteiger partial charge in [-0.05, 0) is 43.4 Å². The molecule has 0 aliphatic carbocycles. The highest BCUT2D eigenvalue weighted by Gasteiger charge is 2.15. The maximum Gasteiger partial charge on any atom is 0.135 e. The minimum absolute atomic E-state index is 0.621. The number of pyridine rings is 2. The number of likely N-dealkylation sites (N-methyl/N-ethyl adjacent to an activating group) is 1. The van der Waals surface area contributed by atoms with E-state index < -0.39 is 0 Å². The molecule has 1 N–H and O–H groups in total. The Labute approximate surface area is 153 Å². The first kappa shape index (κ1) is 16.6. The van der Waals surface area contributed by atoms with Gasteiger partial charge < -0.3 is 19.5 Å². The lowest BCUT2D eigenvalue weighted by atomic mass is 10.2. The number of rotatable bonds is 5. The number of nitrogens with one attached hydrogen (secondary N) is 1. The molecule has 0 aromatic carbocycles. The molecule has 1 saturated heterocycles. The molecule has 4 rings (SSSR count). The van der Waals surface area contributed by atoms with Gasteiger partial charge in [-0.25, -0.2) is 4.98 Å². The average Bonchev–Trinajstić information content (AvgIpc) is 3.17. The van der Waals surface area contributed by atoms with Crippen molar-refractivity contribution in [3.05, 3.63) is 60.7 Å².